The summed E-state index contributed by atoms with van der Waals surface area (Å²) >= 11 is 0. The van der Waals surface area contributed by atoms with Gasteiger partial charge in [-0.2, -0.15) is 5.26 Å². The molecule has 156 valence electrons. The predicted octanol–water partition coefficient (Wildman–Crippen LogP) is 7.15. The Morgan fingerprint density at radius 3 is 1.55 bits per heavy atom. The molecule has 0 heterocycles. The molecule has 0 bridgehead atoms. The Morgan fingerprint density at radius 2 is 1.07 bits per heavy atom. The molecule has 0 aliphatic heterocycles. The molecule has 0 fully saturated rings. The molecule has 0 atom stereocenters. The van der Waals surface area contributed by atoms with Crippen LogP contribution in [0.3, 0.4) is 0 Å². The average Bonchev–Trinajstić information content (AvgIpc) is 2.77. The van der Waals surface area contributed by atoms with Crippen molar-refractivity contribution >= 4 is 0 Å². The van der Waals surface area contributed by atoms with Crippen LogP contribution >= 0.6 is 0 Å². The number of unbranched alkanes of at least 4 members (excludes halogenated alkanes) is 9. The summed E-state index contributed by atoms with van der Waals surface area (Å²) in [4.78, 5) is 0. The van der Waals surface area contributed by atoms with Crippen LogP contribution in [0.15, 0.2) is 48.5 Å². The minimum absolute atomic E-state index is 0.687. The first-order chi connectivity index (χ1) is 14.3. The molecular formula is C26H35NO2. The van der Waals surface area contributed by atoms with Crippen LogP contribution in [-0.2, 0) is 4.74 Å². The van der Waals surface area contributed by atoms with Crippen molar-refractivity contribution in [3.63, 3.8) is 0 Å². The lowest BCUT2D eigenvalue weighted by molar-refractivity contribution is 0.192. The predicted molar refractivity (Wildman–Crippen MR) is 120 cm³/mol. The number of ether oxygens (including phenoxy) is 2. The zero-order chi connectivity index (χ0) is 20.6. The number of benzene rings is 2. The van der Waals surface area contributed by atoms with Crippen molar-refractivity contribution in [3.8, 4) is 22.9 Å². The molecular weight excluding hydrogens is 358 g/mol. The van der Waals surface area contributed by atoms with Crippen LogP contribution in [0.1, 0.15) is 69.8 Å². The fraction of sp³-hybridized carbons (Fsp3) is 0.500. The Morgan fingerprint density at radius 1 is 0.621 bits per heavy atom. The first-order valence-electron chi connectivity index (χ1n) is 11.1. The molecule has 0 spiro atoms. The van der Waals surface area contributed by atoms with Gasteiger partial charge in [-0.3, -0.25) is 0 Å². The van der Waals surface area contributed by atoms with Crippen molar-refractivity contribution in [1.29, 1.82) is 5.26 Å². The van der Waals surface area contributed by atoms with Gasteiger partial charge in [-0.25, -0.2) is 0 Å². The maximum atomic E-state index is 8.88. The lowest BCUT2D eigenvalue weighted by Crippen LogP contribution is -1.97. The van der Waals surface area contributed by atoms with Crippen LogP contribution in [0.2, 0.25) is 0 Å². The van der Waals surface area contributed by atoms with Crippen molar-refractivity contribution in [1.82, 2.24) is 0 Å². The Bertz CT molecular complexity index is 701. The van der Waals surface area contributed by atoms with Gasteiger partial charge < -0.3 is 9.47 Å². The third-order valence-electron chi connectivity index (χ3n) is 5.21. The summed E-state index contributed by atoms with van der Waals surface area (Å²) in [6.45, 7) is 1.69. The zero-order valence-electron chi connectivity index (χ0n) is 17.9. The molecule has 2 rings (SSSR count). The van der Waals surface area contributed by atoms with Gasteiger partial charge in [-0.05, 0) is 48.2 Å². The third kappa shape index (κ3) is 9.63. The quantitative estimate of drug-likeness (QED) is 0.302. The van der Waals surface area contributed by atoms with Crippen LogP contribution in [0.4, 0.5) is 0 Å². The Kier molecular flexibility index (Phi) is 11.6. The zero-order valence-corrected chi connectivity index (χ0v) is 17.9. The standard InChI is InChI=1S/C26H35NO2/c1-28-20-10-8-6-4-2-3-5-7-9-11-21-29-26-18-16-25(17-19-26)24-14-12-23(22-27)13-15-24/h12-19H,2-11,20-21H2,1H3. The van der Waals surface area contributed by atoms with Gasteiger partial charge in [0.25, 0.3) is 0 Å². The number of methoxy groups -OCH3 is 1. The molecule has 0 amide bonds. The van der Waals surface area contributed by atoms with Crippen LogP contribution in [0, 0.1) is 11.3 Å². The summed E-state index contributed by atoms with van der Waals surface area (Å²) in [6, 6.07) is 18.0. The van der Waals surface area contributed by atoms with E-state index in [-0.39, 0.29) is 0 Å². The maximum Gasteiger partial charge on any atom is 0.119 e. The average molecular weight is 394 g/mol. The van der Waals surface area contributed by atoms with Gasteiger partial charge >= 0.3 is 0 Å². The van der Waals surface area contributed by atoms with Crippen molar-refractivity contribution in [2.75, 3.05) is 20.3 Å². The Balaban J connectivity index is 1.50. The number of nitriles is 1. The second-order valence-electron chi connectivity index (χ2n) is 7.59. The molecule has 0 N–H and O–H groups in total. The first-order valence-corrected chi connectivity index (χ1v) is 11.1. The fourth-order valence-corrected chi connectivity index (χ4v) is 3.43. The van der Waals surface area contributed by atoms with E-state index >= 15 is 0 Å². The molecule has 2 aromatic carbocycles. The molecule has 0 unspecified atom stereocenters. The maximum absolute atomic E-state index is 8.88. The number of rotatable bonds is 15. The molecule has 3 nitrogen and oxygen atoms in total. The van der Waals surface area contributed by atoms with Gasteiger partial charge in [0, 0.05) is 13.7 Å². The van der Waals surface area contributed by atoms with Gasteiger partial charge in [0.05, 0.1) is 18.2 Å². The normalized spacial score (nSPS) is 10.6. The topological polar surface area (TPSA) is 42.2 Å². The lowest BCUT2D eigenvalue weighted by Gasteiger charge is -2.08. The van der Waals surface area contributed by atoms with Crippen LogP contribution in [-0.4, -0.2) is 20.3 Å². The smallest absolute Gasteiger partial charge is 0.119 e. The van der Waals surface area contributed by atoms with E-state index in [0.29, 0.717) is 5.56 Å². The molecule has 0 radical (unpaired) electrons. The van der Waals surface area contributed by atoms with Gasteiger partial charge in [0.2, 0.25) is 0 Å². The first kappa shape index (κ1) is 23.0. The molecule has 29 heavy (non-hydrogen) atoms. The highest BCUT2D eigenvalue weighted by Gasteiger charge is 2.00. The molecule has 2 aromatic rings. The number of hydrogen-bond donors (Lipinski definition) is 0. The van der Waals surface area contributed by atoms with Crippen molar-refractivity contribution in [2.45, 2.75) is 64.2 Å². The highest BCUT2D eigenvalue weighted by molar-refractivity contribution is 5.64. The number of hydrogen-bond acceptors (Lipinski definition) is 3. The molecule has 0 saturated heterocycles. The summed E-state index contributed by atoms with van der Waals surface area (Å²) in [5.74, 6) is 0.927. The molecule has 0 aliphatic rings. The second kappa shape index (κ2) is 14.7. The van der Waals surface area contributed by atoms with Gasteiger partial charge in [0.1, 0.15) is 5.75 Å². The van der Waals surface area contributed by atoms with E-state index in [4.69, 9.17) is 14.7 Å². The molecule has 0 aliphatic carbocycles. The van der Waals surface area contributed by atoms with Crippen LogP contribution in [0.25, 0.3) is 11.1 Å². The summed E-state index contributed by atoms with van der Waals surface area (Å²) in [6.07, 6.45) is 13.0. The van der Waals surface area contributed by atoms with E-state index in [0.717, 1.165) is 36.5 Å². The van der Waals surface area contributed by atoms with Crippen LogP contribution < -0.4 is 4.74 Å². The summed E-state index contributed by atoms with van der Waals surface area (Å²) in [5, 5.41) is 8.88. The van der Waals surface area contributed by atoms with Crippen molar-refractivity contribution in [2.24, 2.45) is 0 Å². The van der Waals surface area contributed by atoms with E-state index in [9.17, 15) is 0 Å². The lowest BCUT2D eigenvalue weighted by atomic mass is 10.0. The molecule has 0 aromatic heterocycles. The highest BCUT2D eigenvalue weighted by atomic mass is 16.5. The van der Waals surface area contributed by atoms with E-state index in [1.165, 1.54) is 57.8 Å². The van der Waals surface area contributed by atoms with Crippen molar-refractivity contribution in [3.05, 3.63) is 54.1 Å². The van der Waals surface area contributed by atoms with Gasteiger partial charge in [-0.1, -0.05) is 75.6 Å². The summed E-state index contributed by atoms with van der Waals surface area (Å²) in [5.41, 5.74) is 2.94. The van der Waals surface area contributed by atoms with Gasteiger partial charge in [0.15, 0.2) is 0 Å². The minimum atomic E-state index is 0.687. The SMILES string of the molecule is COCCCCCCCCCCCCOc1ccc(-c2ccc(C#N)cc2)cc1. The summed E-state index contributed by atoms with van der Waals surface area (Å²) in [7, 11) is 1.78. The summed E-state index contributed by atoms with van der Waals surface area (Å²) < 4.78 is 10.9. The monoisotopic (exact) mass is 393 g/mol. The fourth-order valence-electron chi connectivity index (χ4n) is 3.43. The van der Waals surface area contributed by atoms with Crippen LogP contribution in [0.5, 0.6) is 5.75 Å². The number of nitrogens with zero attached hydrogens (tertiary/aromatic N) is 1. The van der Waals surface area contributed by atoms with Gasteiger partial charge in [-0.15, -0.1) is 0 Å². The van der Waals surface area contributed by atoms with E-state index < -0.39 is 0 Å². The second-order valence-corrected chi connectivity index (χ2v) is 7.59. The Hall–Kier alpha value is -2.31. The Labute approximate surface area is 176 Å². The van der Waals surface area contributed by atoms with Crippen molar-refractivity contribution < 1.29 is 9.47 Å². The van der Waals surface area contributed by atoms with E-state index in [1.807, 2.05) is 36.4 Å². The minimum Gasteiger partial charge on any atom is -0.494 e. The highest BCUT2D eigenvalue weighted by Crippen LogP contribution is 2.23. The third-order valence-corrected chi connectivity index (χ3v) is 5.21. The largest absolute Gasteiger partial charge is 0.494 e. The molecule has 0 saturated carbocycles. The molecule has 3 heteroatoms. The van der Waals surface area contributed by atoms with E-state index in [1.54, 1.807) is 7.11 Å². The van der Waals surface area contributed by atoms with E-state index in [2.05, 4.69) is 18.2 Å².